The Bertz CT molecular complexity index is 1220. The number of halogens is 3. The average molecular weight is 469 g/mol. The molecule has 1 fully saturated rings. The van der Waals surface area contributed by atoms with Gasteiger partial charge in [0.1, 0.15) is 23.7 Å². The second-order valence-corrected chi connectivity index (χ2v) is 8.29. The first-order chi connectivity index (χ1) is 16.2. The molecule has 1 aliphatic carbocycles. The van der Waals surface area contributed by atoms with Crippen LogP contribution in [0.1, 0.15) is 35.1 Å². The molecule has 0 aliphatic heterocycles. The van der Waals surface area contributed by atoms with Gasteiger partial charge in [0.25, 0.3) is 0 Å². The van der Waals surface area contributed by atoms with E-state index in [1.165, 1.54) is 24.5 Å². The zero-order chi connectivity index (χ0) is 24.3. The van der Waals surface area contributed by atoms with Crippen molar-refractivity contribution in [1.29, 1.82) is 0 Å². The maximum absolute atomic E-state index is 12.9. The van der Waals surface area contributed by atoms with Crippen LogP contribution in [0, 0.1) is 12.8 Å². The minimum Gasteiger partial charge on any atom is -0.439 e. The number of aryl methyl sites for hydroxylation is 1. The van der Waals surface area contributed by atoms with E-state index >= 15 is 0 Å². The summed E-state index contributed by atoms with van der Waals surface area (Å²) in [6, 6.07) is 11.5. The van der Waals surface area contributed by atoms with Crippen LogP contribution in [0.3, 0.4) is 0 Å². The molecule has 4 rings (SSSR count). The average Bonchev–Trinajstić information content (AvgIpc) is 3.61. The number of Topliss-reactive ketones (excluding diaryl/α,β-unsaturated/α-hetero) is 1. The Kier molecular flexibility index (Phi) is 6.63. The lowest BCUT2D eigenvalue weighted by Crippen LogP contribution is -2.14. The number of ether oxygens (including phenoxy) is 1. The van der Waals surface area contributed by atoms with Gasteiger partial charge in [-0.2, -0.15) is 13.2 Å². The normalized spacial score (nSPS) is 13.4. The first-order valence-corrected chi connectivity index (χ1v) is 10.8. The van der Waals surface area contributed by atoms with Crippen LogP contribution in [0.15, 0.2) is 54.9 Å². The van der Waals surface area contributed by atoms with Gasteiger partial charge in [0.05, 0.1) is 5.56 Å². The molecule has 1 aromatic heterocycles. The quantitative estimate of drug-likeness (QED) is 0.484. The van der Waals surface area contributed by atoms with Crippen molar-refractivity contribution in [3.8, 4) is 11.6 Å². The standard InChI is InChI=1S/C25H22F3N3O3/c1-15-9-21(34-23-13-22(29-14-30-23)31-24(33)17-5-6-17)8-7-18(15)12-20(32)11-16-3-2-4-19(10-16)25(26,27)28/h2-4,7-10,13-14,17H,5-6,11-12H2,1H3,(H,29,30,31,33). The molecule has 0 atom stereocenters. The third kappa shape index (κ3) is 6.18. The molecule has 1 heterocycles. The first-order valence-electron chi connectivity index (χ1n) is 10.8. The van der Waals surface area contributed by atoms with Crippen LogP contribution in [0.2, 0.25) is 0 Å². The Morgan fingerprint density at radius 2 is 1.85 bits per heavy atom. The summed E-state index contributed by atoms with van der Waals surface area (Å²) in [6.45, 7) is 1.82. The van der Waals surface area contributed by atoms with Gasteiger partial charge in [-0.1, -0.05) is 24.3 Å². The van der Waals surface area contributed by atoms with Gasteiger partial charge in [0.15, 0.2) is 0 Å². The van der Waals surface area contributed by atoms with Crippen LogP contribution in [-0.4, -0.2) is 21.7 Å². The van der Waals surface area contributed by atoms with E-state index in [4.69, 9.17) is 4.74 Å². The number of alkyl halides is 3. The number of nitrogens with one attached hydrogen (secondary N) is 1. The number of hydrogen-bond acceptors (Lipinski definition) is 5. The summed E-state index contributed by atoms with van der Waals surface area (Å²) in [5, 5.41) is 2.73. The van der Waals surface area contributed by atoms with E-state index in [-0.39, 0.29) is 36.3 Å². The number of hydrogen-bond donors (Lipinski definition) is 1. The van der Waals surface area contributed by atoms with Crippen molar-refractivity contribution < 1.29 is 27.5 Å². The number of amides is 1. The fourth-order valence-electron chi connectivity index (χ4n) is 3.45. The summed E-state index contributed by atoms with van der Waals surface area (Å²) in [7, 11) is 0. The highest BCUT2D eigenvalue weighted by Gasteiger charge is 2.31. The summed E-state index contributed by atoms with van der Waals surface area (Å²) < 4.78 is 44.4. The number of nitrogens with zero attached hydrogens (tertiary/aromatic N) is 2. The molecule has 1 saturated carbocycles. The molecule has 176 valence electrons. The lowest BCUT2D eigenvalue weighted by Gasteiger charge is -2.11. The smallest absolute Gasteiger partial charge is 0.416 e. The minimum absolute atomic E-state index is 0.0471. The summed E-state index contributed by atoms with van der Waals surface area (Å²) in [5.41, 5.74) is 1.11. The van der Waals surface area contributed by atoms with Crippen LogP contribution in [0.4, 0.5) is 19.0 Å². The van der Waals surface area contributed by atoms with Crippen LogP contribution < -0.4 is 10.1 Å². The van der Waals surface area contributed by atoms with Gasteiger partial charge in [-0.15, -0.1) is 0 Å². The van der Waals surface area contributed by atoms with Crippen molar-refractivity contribution in [2.45, 2.75) is 38.8 Å². The summed E-state index contributed by atoms with van der Waals surface area (Å²) in [5.74, 6) is 0.891. The molecule has 1 aliphatic rings. The van der Waals surface area contributed by atoms with Crippen molar-refractivity contribution in [1.82, 2.24) is 9.97 Å². The van der Waals surface area contributed by atoms with Crippen molar-refractivity contribution in [2.24, 2.45) is 5.92 Å². The van der Waals surface area contributed by atoms with Crippen LogP contribution >= 0.6 is 0 Å². The fourth-order valence-corrected chi connectivity index (χ4v) is 3.45. The Labute approximate surface area is 194 Å². The summed E-state index contributed by atoms with van der Waals surface area (Å²) in [6.07, 6.45) is -1.38. The molecular formula is C25H22F3N3O3. The zero-order valence-corrected chi connectivity index (χ0v) is 18.4. The molecule has 0 unspecified atom stereocenters. The molecule has 1 N–H and O–H groups in total. The number of rotatable bonds is 8. The Morgan fingerprint density at radius 1 is 1.06 bits per heavy atom. The van der Waals surface area contributed by atoms with Crippen molar-refractivity contribution in [3.63, 3.8) is 0 Å². The molecule has 3 aromatic rings. The molecule has 0 spiro atoms. The predicted octanol–water partition coefficient (Wildman–Crippen LogP) is 5.30. The second-order valence-electron chi connectivity index (χ2n) is 8.29. The van der Waals surface area contributed by atoms with Gasteiger partial charge >= 0.3 is 6.18 Å². The Balaban J connectivity index is 1.38. The highest BCUT2D eigenvalue weighted by atomic mass is 19.4. The van der Waals surface area contributed by atoms with Crippen molar-refractivity contribution in [3.05, 3.63) is 77.1 Å². The van der Waals surface area contributed by atoms with Crippen LogP contribution in [0.5, 0.6) is 11.6 Å². The molecular weight excluding hydrogens is 447 g/mol. The number of aromatic nitrogens is 2. The molecule has 0 bridgehead atoms. The summed E-state index contributed by atoms with van der Waals surface area (Å²) in [4.78, 5) is 32.5. The maximum atomic E-state index is 12.9. The number of carbonyl (C=O) groups is 2. The summed E-state index contributed by atoms with van der Waals surface area (Å²) >= 11 is 0. The maximum Gasteiger partial charge on any atom is 0.416 e. The molecule has 2 aromatic carbocycles. The van der Waals surface area contributed by atoms with Gasteiger partial charge in [-0.3, -0.25) is 9.59 Å². The zero-order valence-electron chi connectivity index (χ0n) is 18.4. The number of anilines is 1. The Hall–Kier alpha value is -3.75. The molecule has 34 heavy (non-hydrogen) atoms. The monoisotopic (exact) mass is 469 g/mol. The lowest BCUT2D eigenvalue weighted by molar-refractivity contribution is -0.137. The minimum atomic E-state index is -4.45. The van der Waals surface area contributed by atoms with E-state index in [2.05, 4.69) is 15.3 Å². The molecule has 0 radical (unpaired) electrons. The van der Waals surface area contributed by atoms with Gasteiger partial charge in [-0.05, 0) is 54.7 Å². The van der Waals surface area contributed by atoms with Crippen molar-refractivity contribution >= 4 is 17.5 Å². The van der Waals surface area contributed by atoms with E-state index in [0.717, 1.165) is 36.1 Å². The van der Waals surface area contributed by atoms with Gasteiger partial charge < -0.3 is 10.1 Å². The third-order valence-electron chi connectivity index (χ3n) is 5.42. The number of carbonyl (C=O) groups excluding carboxylic acids is 2. The van der Waals surface area contributed by atoms with Crippen LogP contribution in [0.25, 0.3) is 0 Å². The van der Waals surface area contributed by atoms with Gasteiger partial charge in [-0.25, -0.2) is 9.97 Å². The molecule has 6 nitrogen and oxygen atoms in total. The third-order valence-corrected chi connectivity index (χ3v) is 5.42. The predicted molar refractivity (Wildman–Crippen MR) is 118 cm³/mol. The van der Waals surface area contributed by atoms with Crippen molar-refractivity contribution in [2.75, 3.05) is 5.32 Å². The van der Waals surface area contributed by atoms with E-state index in [1.54, 1.807) is 18.2 Å². The van der Waals surface area contributed by atoms with E-state index in [9.17, 15) is 22.8 Å². The molecule has 0 saturated heterocycles. The van der Waals surface area contributed by atoms with E-state index in [1.807, 2.05) is 6.92 Å². The fraction of sp³-hybridized carbons (Fsp3) is 0.280. The van der Waals surface area contributed by atoms with E-state index in [0.29, 0.717) is 17.1 Å². The van der Waals surface area contributed by atoms with E-state index < -0.39 is 11.7 Å². The molecule has 9 heteroatoms. The van der Waals surface area contributed by atoms with Gasteiger partial charge in [0.2, 0.25) is 11.8 Å². The highest BCUT2D eigenvalue weighted by Crippen LogP contribution is 2.31. The highest BCUT2D eigenvalue weighted by molar-refractivity contribution is 5.93. The topological polar surface area (TPSA) is 81.2 Å². The first kappa shape index (κ1) is 23.4. The Morgan fingerprint density at radius 3 is 2.56 bits per heavy atom. The van der Waals surface area contributed by atoms with Crippen LogP contribution in [-0.2, 0) is 28.6 Å². The lowest BCUT2D eigenvalue weighted by atomic mass is 9.98. The molecule has 1 amide bonds. The largest absolute Gasteiger partial charge is 0.439 e. The van der Waals surface area contributed by atoms with Gasteiger partial charge in [0, 0.05) is 24.8 Å². The second kappa shape index (κ2) is 9.62. The number of ketones is 1. The number of benzene rings is 2. The SMILES string of the molecule is Cc1cc(Oc2cc(NC(=O)C3CC3)ncn2)ccc1CC(=O)Cc1cccc(C(F)(F)F)c1.